The van der Waals surface area contributed by atoms with Gasteiger partial charge in [-0.3, -0.25) is 59.8 Å². The number of aryl methyl sites for hydroxylation is 2. The molecule has 18 heteroatoms. The van der Waals surface area contributed by atoms with Gasteiger partial charge in [0.25, 0.3) is 22.5 Å². The van der Waals surface area contributed by atoms with Gasteiger partial charge >= 0.3 is 11.4 Å². The van der Waals surface area contributed by atoms with Crippen molar-refractivity contribution in [2.24, 2.45) is 10.2 Å². The topological polar surface area (TPSA) is 245 Å². The van der Waals surface area contributed by atoms with Crippen LogP contribution < -0.4 is 33.3 Å². The number of hydrogen-bond donors (Lipinski definition) is 4. The van der Waals surface area contributed by atoms with Crippen LogP contribution in [0.3, 0.4) is 0 Å². The van der Waals surface area contributed by atoms with Gasteiger partial charge in [0.05, 0.1) is 43.8 Å². The number of nitrogens with zero attached hydrogens (tertiary/aromatic N) is 6. The van der Waals surface area contributed by atoms with Gasteiger partial charge in [0.1, 0.15) is 0 Å². The number of aromatic nitrogens is 4. The van der Waals surface area contributed by atoms with Crippen molar-refractivity contribution >= 4 is 34.2 Å². The molecule has 0 saturated heterocycles. The first-order valence-electron chi connectivity index (χ1n) is 16.7. The molecule has 4 rings (SSSR count). The van der Waals surface area contributed by atoms with Gasteiger partial charge in [0, 0.05) is 49.7 Å². The number of hydrazone groups is 2. The fourth-order valence-corrected chi connectivity index (χ4v) is 5.22. The first kappa shape index (κ1) is 38.3. The van der Waals surface area contributed by atoms with E-state index in [0.717, 1.165) is 51.4 Å². The molecule has 2 heterocycles. The third kappa shape index (κ3) is 11.0. The van der Waals surface area contributed by atoms with Crippen molar-refractivity contribution in [2.45, 2.75) is 78.3 Å². The number of unbranched alkanes of at least 4 members (excludes halogenated alkanes) is 7. The normalized spacial score (nSPS) is 11.7. The van der Waals surface area contributed by atoms with Crippen LogP contribution in [0, 0.1) is 20.2 Å². The zero-order valence-electron chi connectivity index (χ0n) is 28.8. The lowest BCUT2D eigenvalue weighted by Crippen LogP contribution is -2.33. The lowest BCUT2D eigenvalue weighted by atomic mass is 10.1. The summed E-state index contributed by atoms with van der Waals surface area (Å²) >= 11 is 0. The van der Waals surface area contributed by atoms with Crippen LogP contribution in [0.2, 0.25) is 0 Å². The summed E-state index contributed by atoms with van der Waals surface area (Å²) in [7, 11) is 0. The summed E-state index contributed by atoms with van der Waals surface area (Å²) in [6.45, 7) is 4.10. The lowest BCUT2D eigenvalue weighted by molar-refractivity contribution is -0.385. The van der Waals surface area contributed by atoms with Gasteiger partial charge in [-0.1, -0.05) is 38.5 Å². The zero-order chi connectivity index (χ0) is 37.6. The summed E-state index contributed by atoms with van der Waals surface area (Å²) < 4.78 is 2.91. The average molecular weight is 717 g/mol. The number of aromatic amines is 2. The van der Waals surface area contributed by atoms with Crippen LogP contribution in [0.25, 0.3) is 0 Å². The lowest BCUT2D eigenvalue weighted by Gasteiger charge is -2.09. The van der Waals surface area contributed by atoms with Crippen LogP contribution in [-0.4, -0.2) is 40.4 Å². The van der Waals surface area contributed by atoms with Crippen molar-refractivity contribution in [2.75, 3.05) is 10.9 Å². The first-order chi connectivity index (χ1) is 24.9. The van der Waals surface area contributed by atoms with Crippen LogP contribution in [0.15, 0.2) is 90.3 Å². The molecule has 0 bridgehead atoms. The van der Waals surface area contributed by atoms with Crippen LogP contribution >= 0.6 is 0 Å². The van der Waals surface area contributed by atoms with Crippen molar-refractivity contribution in [1.82, 2.24) is 19.1 Å². The highest BCUT2D eigenvalue weighted by Gasteiger charge is 2.11. The summed E-state index contributed by atoms with van der Waals surface area (Å²) in [6.07, 6.45) is 10.2. The van der Waals surface area contributed by atoms with E-state index < -0.39 is 32.3 Å². The van der Waals surface area contributed by atoms with E-state index in [1.54, 1.807) is 13.8 Å². The largest absolute Gasteiger partial charge is 0.328 e. The van der Waals surface area contributed by atoms with E-state index in [-0.39, 0.29) is 22.5 Å². The smallest absolute Gasteiger partial charge is 0.300 e. The molecule has 2 aromatic carbocycles. The molecular formula is C34H40N10O8. The molecule has 0 fully saturated rings. The van der Waals surface area contributed by atoms with Gasteiger partial charge in [-0.05, 0) is 51.0 Å². The van der Waals surface area contributed by atoms with Crippen molar-refractivity contribution in [3.05, 3.63) is 134 Å². The fraction of sp³-hybridized carbons (Fsp3) is 0.353. The Bertz CT molecular complexity index is 2010. The van der Waals surface area contributed by atoms with Gasteiger partial charge in [-0.25, -0.2) is 9.59 Å². The Morgan fingerprint density at radius 2 is 0.923 bits per heavy atom. The maximum absolute atomic E-state index is 12.4. The number of nitro groups is 2. The Morgan fingerprint density at radius 1 is 0.596 bits per heavy atom. The molecule has 18 nitrogen and oxygen atoms in total. The molecule has 0 saturated carbocycles. The molecule has 52 heavy (non-hydrogen) atoms. The molecular weight excluding hydrogens is 676 g/mol. The van der Waals surface area contributed by atoms with E-state index in [9.17, 15) is 39.4 Å². The molecule has 0 aliphatic heterocycles. The van der Waals surface area contributed by atoms with Crippen LogP contribution in [-0.2, 0) is 13.1 Å². The van der Waals surface area contributed by atoms with E-state index in [1.807, 2.05) is 0 Å². The fourth-order valence-electron chi connectivity index (χ4n) is 5.22. The number of non-ortho nitro benzene ring substituents is 2. The molecule has 4 aromatic rings. The highest BCUT2D eigenvalue weighted by atomic mass is 16.6. The van der Waals surface area contributed by atoms with Crippen molar-refractivity contribution < 1.29 is 9.85 Å². The minimum Gasteiger partial charge on any atom is -0.300 e. The average Bonchev–Trinajstić information content (AvgIpc) is 3.12. The van der Waals surface area contributed by atoms with E-state index in [0.29, 0.717) is 35.9 Å². The van der Waals surface area contributed by atoms with Gasteiger partial charge in [-0.15, -0.1) is 0 Å². The molecule has 0 aliphatic rings. The minimum atomic E-state index is -0.558. The Labute approximate surface area is 296 Å². The summed E-state index contributed by atoms with van der Waals surface area (Å²) in [5.41, 5.74) is 5.46. The SMILES string of the molecule is CC(=NNc1ccc([N+](=O)[O-])cc1)c1cn(CCCCCCCCCCn2cc(C(C)=NNc3ccc([N+](=O)[O-])cc3)c(=O)[nH]c2=O)c(=O)[nH]c1=O. The predicted molar refractivity (Wildman–Crippen MR) is 197 cm³/mol. The number of benzene rings is 2. The quantitative estimate of drug-likeness (QED) is 0.0451. The first-order valence-corrected chi connectivity index (χ1v) is 16.7. The Balaban J connectivity index is 1.16. The maximum atomic E-state index is 12.4. The summed E-state index contributed by atoms with van der Waals surface area (Å²) in [6, 6.07) is 11.3. The van der Waals surface area contributed by atoms with Crippen LogP contribution in [0.4, 0.5) is 22.7 Å². The van der Waals surface area contributed by atoms with Crippen molar-refractivity contribution in [3.8, 4) is 0 Å². The molecule has 4 N–H and O–H groups in total. The molecule has 0 aliphatic carbocycles. The third-order valence-electron chi connectivity index (χ3n) is 8.21. The monoisotopic (exact) mass is 716 g/mol. The highest BCUT2D eigenvalue weighted by Crippen LogP contribution is 2.17. The third-order valence-corrected chi connectivity index (χ3v) is 8.21. The van der Waals surface area contributed by atoms with Crippen molar-refractivity contribution in [3.63, 3.8) is 0 Å². The molecule has 274 valence electrons. The van der Waals surface area contributed by atoms with E-state index >= 15 is 0 Å². The number of H-pyrrole nitrogens is 2. The second kappa shape index (κ2) is 18.5. The second-order valence-corrected chi connectivity index (χ2v) is 12.0. The van der Waals surface area contributed by atoms with E-state index in [1.165, 1.54) is 70.1 Å². The number of nitrogens with one attached hydrogen (secondary N) is 4. The van der Waals surface area contributed by atoms with Crippen LogP contribution in [0.1, 0.15) is 76.3 Å². The van der Waals surface area contributed by atoms with Crippen LogP contribution in [0.5, 0.6) is 0 Å². The maximum Gasteiger partial charge on any atom is 0.328 e. The second-order valence-electron chi connectivity index (χ2n) is 12.0. The van der Waals surface area contributed by atoms with Gasteiger partial charge in [0.2, 0.25) is 0 Å². The Kier molecular flexibility index (Phi) is 13.6. The van der Waals surface area contributed by atoms with Crippen molar-refractivity contribution in [1.29, 1.82) is 0 Å². The van der Waals surface area contributed by atoms with E-state index in [2.05, 4.69) is 31.0 Å². The molecule has 0 radical (unpaired) electrons. The number of nitro benzene ring substituents is 2. The van der Waals surface area contributed by atoms with Gasteiger partial charge < -0.3 is 0 Å². The van der Waals surface area contributed by atoms with Gasteiger partial charge in [0.15, 0.2) is 0 Å². The molecule has 0 unspecified atom stereocenters. The number of anilines is 2. The number of rotatable bonds is 19. The molecule has 0 amide bonds. The van der Waals surface area contributed by atoms with E-state index in [4.69, 9.17) is 0 Å². The zero-order valence-corrected chi connectivity index (χ0v) is 28.8. The summed E-state index contributed by atoms with van der Waals surface area (Å²) in [4.78, 5) is 74.9. The predicted octanol–water partition coefficient (Wildman–Crippen LogP) is 4.70. The highest BCUT2D eigenvalue weighted by molar-refractivity contribution is 5.99. The van der Waals surface area contributed by atoms with Gasteiger partial charge in [-0.2, -0.15) is 10.2 Å². The Hall–Kier alpha value is -6.46. The Morgan fingerprint density at radius 3 is 1.25 bits per heavy atom. The summed E-state index contributed by atoms with van der Waals surface area (Å²) in [5.74, 6) is 0. The summed E-state index contributed by atoms with van der Waals surface area (Å²) in [5, 5.41) is 30.0. The minimum absolute atomic E-state index is 0.0545. The molecule has 0 atom stereocenters. The number of hydrogen-bond acceptors (Lipinski definition) is 12. The molecule has 0 spiro atoms. The standard InChI is InChI=1S/C34H40N10O8/c1-23(37-39-25-11-15-27(16-12-25)43(49)50)29-21-41(33(47)35-31(29)45)19-9-7-5-3-4-6-8-10-20-42-22-30(32(46)36-34(42)48)24(2)38-40-26-13-17-28(18-14-26)44(51)52/h11-18,21-22,39-40H,3-10,19-20H2,1-2H3,(H,35,45,47)(H,36,46,48). The molecule has 2 aromatic heterocycles.